The van der Waals surface area contributed by atoms with Crippen LogP contribution in [0.5, 0.6) is 0 Å². The van der Waals surface area contributed by atoms with Gasteiger partial charge in [0, 0.05) is 0 Å². The lowest BCUT2D eigenvalue weighted by molar-refractivity contribution is 1.26. The lowest BCUT2D eigenvalue weighted by Gasteiger charge is -2.06. The van der Waals surface area contributed by atoms with Crippen molar-refractivity contribution in [2.45, 2.75) is 9.79 Å². The van der Waals surface area contributed by atoms with Crippen LogP contribution in [-0.4, -0.2) is 9.97 Å². The molecule has 0 bridgehead atoms. The first-order valence-electron chi connectivity index (χ1n) is 4.95. The van der Waals surface area contributed by atoms with E-state index < -0.39 is 0 Å². The molecular weight excluding hydrogens is 268 g/mol. The molecule has 8 N–H and O–H groups in total. The van der Waals surface area contributed by atoms with E-state index in [0.717, 1.165) is 9.79 Å². The Bertz CT molecular complexity index is 523. The molecule has 6 nitrogen and oxygen atoms in total. The molecular formula is C10H12N6S2. The molecule has 0 saturated carbocycles. The van der Waals surface area contributed by atoms with Crippen molar-refractivity contribution < 1.29 is 0 Å². The molecule has 0 aliphatic carbocycles. The lowest BCUT2D eigenvalue weighted by atomic mass is 10.4. The summed E-state index contributed by atoms with van der Waals surface area (Å²) in [5.74, 6) is 1.59. The highest BCUT2D eigenvalue weighted by Crippen LogP contribution is 2.41. The third-order valence-corrected chi connectivity index (χ3v) is 4.50. The fraction of sp³-hybridized carbons (Fsp3) is 0. The molecule has 0 saturated heterocycles. The van der Waals surface area contributed by atoms with Gasteiger partial charge in [-0.15, -0.1) is 0 Å². The maximum atomic E-state index is 5.76. The highest BCUT2D eigenvalue weighted by molar-refractivity contribution is 8.76. The smallest absolute Gasteiger partial charge is 0.140 e. The zero-order valence-corrected chi connectivity index (χ0v) is 11.0. The maximum Gasteiger partial charge on any atom is 0.140 e. The van der Waals surface area contributed by atoms with Gasteiger partial charge in [-0.05, 0) is 45.9 Å². The van der Waals surface area contributed by atoms with Crippen molar-refractivity contribution in [1.29, 1.82) is 0 Å². The quantitative estimate of drug-likeness (QED) is 0.624. The summed E-state index contributed by atoms with van der Waals surface area (Å²) >= 11 is 0. The second kappa shape index (κ2) is 5.23. The zero-order valence-electron chi connectivity index (χ0n) is 9.33. The molecule has 0 unspecified atom stereocenters. The Morgan fingerprint density at radius 3 is 1.39 bits per heavy atom. The molecule has 0 atom stereocenters. The Kier molecular flexibility index (Phi) is 3.68. The molecule has 0 amide bonds. The largest absolute Gasteiger partial charge is 0.384 e. The van der Waals surface area contributed by atoms with Crippen molar-refractivity contribution >= 4 is 44.9 Å². The molecule has 0 radical (unpaired) electrons. The molecule has 2 aromatic heterocycles. The van der Waals surface area contributed by atoms with Crippen molar-refractivity contribution in [3.63, 3.8) is 0 Å². The monoisotopic (exact) mass is 280 g/mol. The first-order valence-corrected chi connectivity index (χ1v) is 7.10. The normalized spacial score (nSPS) is 10.4. The third kappa shape index (κ3) is 2.90. The van der Waals surface area contributed by atoms with E-state index in [1.54, 1.807) is 12.1 Å². The molecule has 0 spiro atoms. The SMILES string of the molecule is Nc1ccc(SSc2ccc(N)nc2N)c(N)n1. The number of nitrogens with two attached hydrogens (primary N) is 4. The maximum absolute atomic E-state index is 5.76. The number of pyridine rings is 2. The van der Waals surface area contributed by atoms with E-state index in [9.17, 15) is 0 Å². The molecule has 2 heterocycles. The van der Waals surface area contributed by atoms with Crippen LogP contribution in [0.3, 0.4) is 0 Å². The highest BCUT2D eigenvalue weighted by atomic mass is 33.1. The van der Waals surface area contributed by atoms with Gasteiger partial charge < -0.3 is 22.9 Å². The summed E-state index contributed by atoms with van der Waals surface area (Å²) in [5.41, 5.74) is 22.6. The van der Waals surface area contributed by atoms with Gasteiger partial charge in [-0.1, -0.05) is 0 Å². The fourth-order valence-electron chi connectivity index (χ4n) is 1.19. The Balaban J connectivity index is 2.11. The van der Waals surface area contributed by atoms with Gasteiger partial charge in [-0.2, -0.15) is 0 Å². The summed E-state index contributed by atoms with van der Waals surface area (Å²) in [6, 6.07) is 7.03. The summed E-state index contributed by atoms with van der Waals surface area (Å²) in [7, 11) is 2.88. The second-order valence-electron chi connectivity index (χ2n) is 3.41. The number of aromatic nitrogens is 2. The third-order valence-electron chi connectivity index (χ3n) is 2.04. The standard InChI is InChI=1S/C10H12N6S2/c11-7-3-1-5(9(13)15-7)17-18-6-2-4-8(12)16-10(6)14/h1-4H,(H4,11,13,15)(H4,12,14,16). The second-order valence-corrected chi connectivity index (χ2v) is 5.62. The minimum atomic E-state index is 0.398. The van der Waals surface area contributed by atoms with Crippen molar-refractivity contribution in [1.82, 2.24) is 9.97 Å². The van der Waals surface area contributed by atoms with Gasteiger partial charge in [0.25, 0.3) is 0 Å². The van der Waals surface area contributed by atoms with Gasteiger partial charge in [0.2, 0.25) is 0 Å². The van der Waals surface area contributed by atoms with Crippen LogP contribution in [0.15, 0.2) is 34.1 Å². The molecule has 0 fully saturated rings. The van der Waals surface area contributed by atoms with E-state index in [-0.39, 0.29) is 0 Å². The predicted octanol–water partition coefficient (Wildman–Crippen LogP) is 1.60. The van der Waals surface area contributed by atoms with Crippen LogP contribution in [0, 0.1) is 0 Å². The van der Waals surface area contributed by atoms with Crippen molar-refractivity contribution in [3.8, 4) is 0 Å². The van der Waals surface area contributed by atoms with Crippen molar-refractivity contribution in [3.05, 3.63) is 24.3 Å². The van der Waals surface area contributed by atoms with E-state index in [0.29, 0.717) is 23.3 Å². The summed E-state index contributed by atoms with van der Waals surface area (Å²) in [5, 5.41) is 0. The van der Waals surface area contributed by atoms with Gasteiger partial charge in [-0.3, -0.25) is 0 Å². The van der Waals surface area contributed by atoms with Gasteiger partial charge >= 0.3 is 0 Å². The van der Waals surface area contributed by atoms with Gasteiger partial charge in [-0.25, -0.2) is 9.97 Å². The lowest BCUT2D eigenvalue weighted by Crippen LogP contribution is -1.98. The molecule has 18 heavy (non-hydrogen) atoms. The summed E-state index contributed by atoms with van der Waals surface area (Å²) in [4.78, 5) is 9.60. The summed E-state index contributed by atoms with van der Waals surface area (Å²) in [6.45, 7) is 0. The molecule has 0 aliphatic heterocycles. The Morgan fingerprint density at radius 1 is 0.667 bits per heavy atom. The number of nitrogen functional groups attached to an aromatic ring is 4. The topological polar surface area (TPSA) is 130 Å². The molecule has 94 valence electrons. The van der Waals surface area contributed by atoms with E-state index in [1.807, 2.05) is 12.1 Å². The van der Waals surface area contributed by atoms with Gasteiger partial charge in [0.15, 0.2) is 0 Å². The Labute approximate surface area is 112 Å². The number of hydrogen-bond donors (Lipinski definition) is 4. The molecule has 2 aromatic rings. The highest BCUT2D eigenvalue weighted by Gasteiger charge is 2.06. The summed E-state index contributed by atoms with van der Waals surface area (Å²) in [6.07, 6.45) is 0. The first-order chi connectivity index (χ1) is 8.56. The molecule has 2 rings (SSSR count). The van der Waals surface area contributed by atoms with Crippen molar-refractivity contribution in [2.75, 3.05) is 22.9 Å². The van der Waals surface area contributed by atoms with Gasteiger partial charge in [0.1, 0.15) is 23.3 Å². The fourth-order valence-corrected chi connectivity index (χ4v) is 3.26. The van der Waals surface area contributed by atoms with Crippen LogP contribution in [-0.2, 0) is 0 Å². The van der Waals surface area contributed by atoms with E-state index in [2.05, 4.69) is 9.97 Å². The van der Waals surface area contributed by atoms with Crippen LogP contribution in [0.4, 0.5) is 23.3 Å². The minimum Gasteiger partial charge on any atom is -0.384 e. The molecule has 0 aromatic carbocycles. The average Bonchev–Trinajstić information content (AvgIpc) is 2.30. The Hall–Kier alpha value is -1.80. The predicted molar refractivity (Wildman–Crippen MR) is 77.8 cm³/mol. The van der Waals surface area contributed by atoms with Crippen LogP contribution in [0.1, 0.15) is 0 Å². The summed E-state index contributed by atoms with van der Waals surface area (Å²) < 4.78 is 0. The van der Waals surface area contributed by atoms with Crippen LogP contribution in [0.2, 0.25) is 0 Å². The number of hydrogen-bond acceptors (Lipinski definition) is 8. The molecule has 8 heteroatoms. The first kappa shape index (κ1) is 12.7. The minimum absolute atomic E-state index is 0.398. The van der Waals surface area contributed by atoms with E-state index >= 15 is 0 Å². The number of rotatable bonds is 3. The number of nitrogens with zero attached hydrogens (tertiary/aromatic N) is 2. The van der Waals surface area contributed by atoms with Crippen LogP contribution >= 0.6 is 21.6 Å². The van der Waals surface area contributed by atoms with Gasteiger partial charge in [0.05, 0.1) is 9.79 Å². The van der Waals surface area contributed by atoms with E-state index in [1.165, 1.54) is 21.6 Å². The van der Waals surface area contributed by atoms with Crippen LogP contribution in [0.25, 0.3) is 0 Å². The molecule has 0 aliphatic rings. The van der Waals surface area contributed by atoms with E-state index in [4.69, 9.17) is 22.9 Å². The van der Waals surface area contributed by atoms with Crippen molar-refractivity contribution in [2.24, 2.45) is 0 Å². The number of anilines is 4. The Morgan fingerprint density at radius 2 is 1.06 bits per heavy atom. The zero-order chi connectivity index (χ0) is 13.1. The van der Waals surface area contributed by atoms with Crippen LogP contribution < -0.4 is 22.9 Å². The average molecular weight is 280 g/mol.